The van der Waals surface area contributed by atoms with Crippen molar-refractivity contribution in [3.05, 3.63) is 40.7 Å². The van der Waals surface area contributed by atoms with Crippen LogP contribution in [-0.4, -0.2) is 23.3 Å². The van der Waals surface area contributed by atoms with Gasteiger partial charge in [0.1, 0.15) is 0 Å². The maximum Gasteiger partial charge on any atom is 0.262 e. The van der Waals surface area contributed by atoms with Crippen molar-refractivity contribution in [1.82, 2.24) is 9.78 Å². The highest BCUT2D eigenvalue weighted by atomic mass is 35.5. The Morgan fingerprint density at radius 3 is 2.65 bits per heavy atom. The van der Waals surface area contributed by atoms with Crippen LogP contribution in [0, 0.1) is 6.92 Å². The van der Waals surface area contributed by atoms with Crippen LogP contribution in [0.25, 0.3) is 0 Å². The number of sulfonamides is 1. The summed E-state index contributed by atoms with van der Waals surface area (Å²) < 4.78 is 28.5. The zero-order valence-corrected chi connectivity index (χ0v) is 12.5. The number of anilines is 1. The molecule has 0 aliphatic rings. The van der Waals surface area contributed by atoms with Crippen LogP contribution >= 0.6 is 11.6 Å². The molecule has 0 spiro atoms. The largest absolute Gasteiger partial charge is 0.392 e. The van der Waals surface area contributed by atoms with Crippen molar-refractivity contribution >= 4 is 27.3 Å². The van der Waals surface area contributed by atoms with Crippen molar-refractivity contribution in [2.75, 3.05) is 4.72 Å². The van der Waals surface area contributed by atoms with Crippen LogP contribution in [0.15, 0.2) is 29.3 Å². The Labute approximate surface area is 122 Å². The summed E-state index contributed by atoms with van der Waals surface area (Å²) in [6.45, 7) is 1.47. The average molecular weight is 316 g/mol. The van der Waals surface area contributed by atoms with E-state index >= 15 is 0 Å². The second-order valence-corrected chi connectivity index (χ2v) is 6.41. The van der Waals surface area contributed by atoms with Gasteiger partial charge in [-0.3, -0.25) is 9.40 Å². The van der Waals surface area contributed by atoms with Gasteiger partial charge in [0.15, 0.2) is 0 Å². The number of aromatic nitrogens is 2. The van der Waals surface area contributed by atoms with Crippen molar-refractivity contribution in [3.63, 3.8) is 0 Å². The first-order valence-corrected chi connectivity index (χ1v) is 7.62. The van der Waals surface area contributed by atoms with E-state index in [0.29, 0.717) is 16.9 Å². The highest BCUT2D eigenvalue weighted by Gasteiger charge is 2.18. The molecule has 0 saturated heterocycles. The summed E-state index contributed by atoms with van der Waals surface area (Å²) in [7, 11) is -2.03. The molecule has 0 bridgehead atoms. The highest BCUT2D eigenvalue weighted by molar-refractivity contribution is 7.92. The molecule has 0 radical (unpaired) electrons. The molecule has 2 rings (SSSR count). The van der Waals surface area contributed by atoms with Gasteiger partial charge in [-0.05, 0) is 24.6 Å². The van der Waals surface area contributed by atoms with E-state index in [1.807, 2.05) is 0 Å². The Hall–Kier alpha value is -1.57. The molecule has 1 aromatic heterocycles. The summed E-state index contributed by atoms with van der Waals surface area (Å²) in [5.41, 5.74) is 1.46. The second kappa shape index (κ2) is 5.43. The summed E-state index contributed by atoms with van der Waals surface area (Å²) in [4.78, 5) is 0.0305. The molecule has 1 heterocycles. The summed E-state index contributed by atoms with van der Waals surface area (Å²) in [5.74, 6) is 0. The number of hydrogen-bond acceptors (Lipinski definition) is 4. The van der Waals surface area contributed by atoms with Gasteiger partial charge in [-0.2, -0.15) is 5.10 Å². The van der Waals surface area contributed by atoms with E-state index in [1.165, 1.54) is 22.9 Å². The topological polar surface area (TPSA) is 84.2 Å². The van der Waals surface area contributed by atoms with E-state index in [2.05, 4.69) is 9.82 Å². The Morgan fingerprint density at radius 2 is 2.15 bits per heavy atom. The quantitative estimate of drug-likeness (QED) is 0.899. The van der Waals surface area contributed by atoms with Gasteiger partial charge in [0.2, 0.25) is 0 Å². The standard InChI is InChI=1S/C12H14ClN3O3S/c1-8-12(6-16(2)14-8)15-20(18,19)10-4-3-9(7-17)11(13)5-10/h3-6,15,17H,7H2,1-2H3. The molecule has 0 aliphatic heterocycles. The Kier molecular flexibility index (Phi) is 4.03. The molecule has 20 heavy (non-hydrogen) atoms. The molecular formula is C12H14ClN3O3S. The number of halogens is 1. The third-order valence-electron chi connectivity index (χ3n) is 2.76. The van der Waals surface area contributed by atoms with Crippen LogP contribution in [0.3, 0.4) is 0 Å². The predicted molar refractivity (Wildman–Crippen MR) is 76.1 cm³/mol. The van der Waals surface area contributed by atoms with Crippen LogP contribution in [0.4, 0.5) is 5.69 Å². The maximum atomic E-state index is 12.2. The predicted octanol–water partition coefficient (Wildman–Crippen LogP) is 1.68. The van der Waals surface area contributed by atoms with E-state index < -0.39 is 10.0 Å². The molecule has 108 valence electrons. The number of nitrogens with one attached hydrogen (secondary N) is 1. The zero-order valence-electron chi connectivity index (χ0n) is 11.0. The van der Waals surface area contributed by atoms with Crippen molar-refractivity contribution < 1.29 is 13.5 Å². The number of aliphatic hydroxyl groups excluding tert-OH is 1. The first-order chi connectivity index (χ1) is 9.33. The van der Waals surface area contributed by atoms with E-state index in [-0.39, 0.29) is 16.5 Å². The SMILES string of the molecule is Cc1nn(C)cc1NS(=O)(=O)c1ccc(CO)c(Cl)c1. The van der Waals surface area contributed by atoms with E-state index in [4.69, 9.17) is 16.7 Å². The molecule has 0 unspecified atom stereocenters. The third kappa shape index (κ3) is 2.95. The molecule has 0 amide bonds. The van der Waals surface area contributed by atoms with Gasteiger partial charge < -0.3 is 5.11 Å². The zero-order chi connectivity index (χ0) is 14.9. The number of aryl methyl sites for hydroxylation is 2. The minimum Gasteiger partial charge on any atom is -0.392 e. The molecule has 1 aromatic carbocycles. The lowest BCUT2D eigenvalue weighted by Crippen LogP contribution is -2.13. The molecule has 0 saturated carbocycles. The van der Waals surface area contributed by atoms with Crippen molar-refractivity contribution in [2.45, 2.75) is 18.4 Å². The van der Waals surface area contributed by atoms with Crippen molar-refractivity contribution in [1.29, 1.82) is 0 Å². The minimum absolute atomic E-state index is 0.0305. The fourth-order valence-corrected chi connectivity index (χ4v) is 3.16. The van der Waals surface area contributed by atoms with Crippen molar-refractivity contribution in [2.24, 2.45) is 7.05 Å². The van der Waals surface area contributed by atoms with Crippen LogP contribution in [0.2, 0.25) is 5.02 Å². The van der Waals surface area contributed by atoms with Crippen molar-refractivity contribution in [3.8, 4) is 0 Å². The lowest BCUT2D eigenvalue weighted by Gasteiger charge is -2.08. The molecule has 6 nitrogen and oxygen atoms in total. The molecule has 2 N–H and O–H groups in total. The fourth-order valence-electron chi connectivity index (χ4n) is 1.73. The van der Waals surface area contributed by atoms with E-state index in [9.17, 15) is 8.42 Å². The highest BCUT2D eigenvalue weighted by Crippen LogP contribution is 2.23. The van der Waals surface area contributed by atoms with Crippen LogP contribution in [0.5, 0.6) is 0 Å². The maximum absolute atomic E-state index is 12.2. The molecule has 0 aliphatic carbocycles. The summed E-state index contributed by atoms with van der Waals surface area (Å²) in [5, 5.41) is 13.3. The lowest BCUT2D eigenvalue weighted by atomic mass is 10.2. The molecule has 0 atom stereocenters. The minimum atomic E-state index is -3.74. The van der Waals surface area contributed by atoms with Gasteiger partial charge in [0, 0.05) is 18.3 Å². The van der Waals surface area contributed by atoms with Gasteiger partial charge in [-0.25, -0.2) is 8.42 Å². The molecule has 2 aromatic rings. The average Bonchev–Trinajstić information content (AvgIpc) is 2.67. The Morgan fingerprint density at radius 1 is 1.45 bits per heavy atom. The second-order valence-electron chi connectivity index (χ2n) is 4.32. The Bertz CT molecular complexity index is 740. The van der Waals surface area contributed by atoms with Crippen LogP contribution in [-0.2, 0) is 23.7 Å². The smallest absolute Gasteiger partial charge is 0.262 e. The number of rotatable bonds is 4. The third-order valence-corrected chi connectivity index (χ3v) is 4.48. The van der Waals surface area contributed by atoms with Crippen LogP contribution in [0.1, 0.15) is 11.3 Å². The molecule has 0 fully saturated rings. The van der Waals surface area contributed by atoms with E-state index in [1.54, 1.807) is 20.2 Å². The summed E-state index contributed by atoms with van der Waals surface area (Å²) in [6, 6.07) is 4.18. The monoisotopic (exact) mass is 315 g/mol. The summed E-state index contributed by atoms with van der Waals surface area (Å²) in [6.07, 6.45) is 1.58. The fraction of sp³-hybridized carbons (Fsp3) is 0.250. The number of hydrogen-bond donors (Lipinski definition) is 2. The number of aliphatic hydroxyl groups is 1. The molecule has 8 heteroatoms. The number of benzene rings is 1. The summed E-state index contributed by atoms with van der Waals surface area (Å²) >= 11 is 5.91. The van der Waals surface area contributed by atoms with Crippen LogP contribution < -0.4 is 4.72 Å². The van der Waals surface area contributed by atoms with Gasteiger partial charge >= 0.3 is 0 Å². The van der Waals surface area contributed by atoms with E-state index in [0.717, 1.165) is 0 Å². The normalized spacial score (nSPS) is 11.6. The van der Waals surface area contributed by atoms with Gasteiger partial charge in [-0.15, -0.1) is 0 Å². The lowest BCUT2D eigenvalue weighted by molar-refractivity contribution is 0.282. The first kappa shape index (κ1) is 14.8. The molecular weight excluding hydrogens is 302 g/mol. The Balaban J connectivity index is 2.35. The van der Waals surface area contributed by atoms with Gasteiger partial charge in [0.05, 0.1) is 22.9 Å². The number of nitrogens with zero attached hydrogens (tertiary/aromatic N) is 2. The first-order valence-electron chi connectivity index (χ1n) is 5.76. The van der Waals surface area contributed by atoms with Gasteiger partial charge in [-0.1, -0.05) is 17.7 Å². The van der Waals surface area contributed by atoms with Gasteiger partial charge in [0.25, 0.3) is 10.0 Å².